The van der Waals surface area contributed by atoms with Crippen molar-refractivity contribution in [3.8, 4) is 11.5 Å². The number of hydrogen-bond acceptors (Lipinski definition) is 3. The maximum absolute atomic E-state index is 14.2. The van der Waals surface area contributed by atoms with Gasteiger partial charge in [0.1, 0.15) is 11.9 Å². The summed E-state index contributed by atoms with van der Waals surface area (Å²) < 4.78 is 25.4. The van der Waals surface area contributed by atoms with Crippen LogP contribution in [0.3, 0.4) is 0 Å². The van der Waals surface area contributed by atoms with Crippen LogP contribution in [-0.4, -0.2) is 19.3 Å². The van der Waals surface area contributed by atoms with Crippen LogP contribution in [0.1, 0.15) is 22.8 Å². The molecule has 0 amide bonds. The Morgan fingerprint density at radius 1 is 1.10 bits per heavy atom. The highest BCUT2D eigenvalue weighted by atomic mass is 127. The molecular weight excluding hydrogens is 386 g/mol. The van der Waals surface area contributed by atoms with Crippen molar-refractivity contribution in [2.75, 3.05) is 14.2 Å². The molecule has 0 saturated carbocycles. The Morgan fingerprint density at radius 2 is 1.71 bits per heavy atom. The smallest absolute Gasteiger partial charge is 0.163 e. The van der Waals surface area contributed by atoms with E-state index in [1.165, 1.54) is 26.4 Å². The fourth-order valence-electron chi connectivity index (χ4n) is 2.13. The van der Waals surface area contributed by atoms with E-state index in [-0.39, 0.29) is 5.56 Å². The number of methoxy groups -OCH3 is 2. The van der Waals surface area contributed by atoms with Gasteiger partial charge in [0.2, 0.25) is 0 Å². The molecule has 0 aliphatic rings. The number of aliphatic hydroxyl groups excluding tert-OH is 1. The minimum Gasteiger partial charge on any atom is -0.493 e. The summed E-state index contributed by atoms with van der Waals surface area (Å²) in [4.78, 5) is 0. The first-order valence-corrected chi connectivity index (χ1v) is 7.42. The lowest BCUT2D eigenvalue weighted by atomic mass is 9.99. The molecule has 1 unspecified atom stereocenters. The molecule has 5 heteroatoms. The Hall–Kier alpha value is -1.34. The van der Waals surface area contributed by atoms with Gasteiger partial charge in [-0.05, 0) is 46.7 Å². The van der Waals surface area contributed by atoms with Crippen molar-refractivity contribution in [2.24, 2.45) is 0 Å². The zero-order valence-electron chi connectivity index (χ0n) is 12.0. The second kappa shape index (κ2) is 6.62. The Balaban J connectivity index is 2.53. The van der Waals surface area contributed by atoms with Gasteiger partial charge in [-0.1, -0.05) is 18.2 Å². The van der Waals surface area contributed by atoms with Crippen LogP contribution in [0.15, 0.2) is 30.3 Å². The first kappa shape index (κ1) is 16.0. The van der Waals surface area contributed by atoms with E-state index in [1.54, 1.807) is 6.07 Å². The van der Waals surface area contributed by atoms with Crippen LogP contribution in [0.4, 0.5) is 4.39 Å². The molecule has 0 bridgehead atoms. The van der Waals surface area contributed by atoms with Gasteiger partial charge >= 0.3 is 0 Å². The van der Waals surface area contributed by atoms with E-state index in [9.17, 15) is 9.50 Å². The number of hydrogen-bond donors (Lipinski definition) is 1. The average molecular weight is 402 g/mol. The second-order valence-corrected chi connectivity index (χ2v) is 5.69. The minimum absolute atomic E-state index is 0.163. The van der Waals surface area contributed by atoms with Crippen LogP contribution in [0.25, 0.3) is 0 Å². The Bertz CT molecular complexity index is 658. The highest BCUT2D eigenvalue weighted by molar-refractivity contribution is 14.1. The van der Waals surface area contributed by atoms with E-state index in [0.717, 1.165) is 9.13 Å². The van der Waals surface area contributed by atoms with Gasteiger partial charge < -0.3 is 14.6 Å². The molecule has 2 aromatic carbocycles. The van der Waals surface area contributed by atoms with Crippen molar-refractivity contribution in [2.45, 2.75) is 13.0 Å². The van der Waals surface area contributed by atoms with Gasteiger partial charge in [-0.2, -0.15) is 0 Å². The fourth-order valence-corrected chi connectivity index (χ4v) is 2.78. The van der Waals surface area contributed by atoms with Crippen LogP contribution < -0.4 is 9.47 Å². The van der Waals surface area contributed by atoms with Gasteiger partial charge in [0, 0.05) is 15.2 Å². The molecule has 2 rings (SSSR count). The van der Waals surface area contributed by atoms with Crippen LogP contribution in [-0.2, 0) is 0 Å². The molecule has 0 fully saturated rings. The van der Waals surface area contributed by atoms with E-state index in [1.807, 2.05) is 19.1 Å². The van der Waals surface area contributed by atoms with E-state index >= 15 is 0 Å². The van der Waals surface area contributed by atoms with E-state index in [0.29, 0.717) is 17.1 Å². The number of rotatable bonds is 4. The van der Waals surface area contributed by atoms with Gasteiger partial charge in [-0.25, -0.2) is 4.39 Å². The molecule has 2 aromatic rings. The topological polar surface area (TPSA) is 38.7 Å². The molecular formula is C16H16FIO3. The average Bonchev–Trinajstić information content (AvgIpc) is 2.49. The molecule has 0 heterocycles. The second-order valence-electron chi connectivity index (χ2n) is 4.61. The van der Waals surface area contributed by atoms with E-state index in [4.69, 9.17) is 9.47 Å². The summed E-state index contributed by atoms with van der Waals surface area (Å²) in [5.41, 5.74) is 1.87. The molecule has 3 nitrogen and oxygen atoms in total. The summed E-state index contributed by atoms with van der Waals surface area (Å²) in [6.45, 7) is 1.95. The van der Waals surface area contributed by atoms with Crippen molar-refractivity contribution in [1.82, 2.24) is 0 Å². The highest BCUT2D eigenvalue weighted by Gasteiger charge is 2.21. The van der Waals surface area contributed by atoms with E-state index < -0.39 is 11.9 Å². The van der Waals surface area contributed by atoms with Crippen LogP contribution in [0.2, 0.25) is 0 Å². The Kier molecular flexibility index (Phi) is 5.05. The maximum atomic E-state index is 14.2. The molecule has 1 atom stereocenters. The monoisotopic (exact) mass is 402 g/mol. The number of aryl methyl sites for hydroxylation is 1. The third-order valence-electron chi connectivity index (χ3n) is 3.31. The third kappa shape index (κ3) is 3.13. The maximum Gasteiger partial charge on any atom is 0.163 e. The van der Waals surface area contributed by atoms with Crippen LogP contribution >= 0.6 is 22.6 Å². The van der Waals surface area contributed by atoms with Gasteiger partial charge in [0.25, 0.3) is 0 Å². The van der Waals surface area contributed by atoms with E-state index in [2.05, 4.69) is 22.6 Å². The number of halogens is 2. The predicted octanol–water partition coefficient (Wildman–Crippen LogP) is 3.84. The standard InChI is InChI=1S/C16H16FIO3/c1-9-5-4-6-10(15(9)18)16(19)11-7-13(20-2)14(21-3)8-12(11)17/h4-8,16,19H,1-3H3. The Morgan fingerprint density at radius 3 is 2.33 bits per heavy atom. The molecule has 1 N–H and O–H groups in total. The summed E-state index contributed by atoms with van der Waals surface area (Å²) in [7, 11) is 2.92. The Labute approximate surface area is 136 Å². The molecule has 0 aliphatic carbocycles. The predicted molar refractivity (Wildman–Crippen MR) is 87.5 cm³/mol. The normalized spacial score (nSPS) is 12.1. The molecule has 0 spiro atoms. The molecule has 21 heavy (non-hydrogen) atoms. The van der Waals surface area contributed by atoms with Crippen molar-refractivity contribution in [3.05, 3.63) is 56.4 Å². The number of ether oxygens (including phenoxy) is 2. The fraction of sp³-hybridized carbons (Fsp3) is 0.250. The van der Waals surface area contributed by atoms with Gasteiger partial charge in [0.05, 0.1) is 14.2 Å². The number of aliphatic hydroxyl groups is 1. The van der Waals surface area contributed by atoms with Crippen molar-refractivity contribution in [1.29, 1.82) is 0 Å². The van der Waals surface area contributed by atoms with Gasteiger partial charge in [-0.15, -0.1) is 0 Å². The van der Waals surface area contributed by atoms with Gasteiger partial charge in [-0.3, -0.25) is 0 Å². The van der Waals surface area contributed by atoms with Crippen molar-refractivity contribution >= 4 is 22.6 Å². The van der Waals surface area contributed by atoms with Crippen molar-refractivity contribution < 1.29 is 19.0 Å². The van der Waals surface area contributed by atoms with Crippen LogP contribution in [0, 0.1) is 16.3 Å². The first-order chi connectivity index (χ1) is 9.99. The van der Waals surface area contributed by atoms with Crippen molar-refractivity contribution in [3.63, 3.8) is 0 Å². The van der Waals surface area contributed by atoms with Gasteiger partial charge in [0.15, 0.2) is 11.5 Å². The first-order valence-electron chi connectivity index (χ1n) is 6.34. The number of benzene rings is 2. The SMILES string of the molecule is COc1cc(F)c(C(O)c2cccc(C)c2I)cc1OC. The molecule has 0 saturated heterocycles. The molecule has 112 valence electrons. The highest BCUT2D eigenvalue weighted by Crippen LogP contribution is 2.36. The lowest BCUT2D eigenvalue weighted by Gasteiger charge is -2.17. The molecule has 0 aliphatic heterocycles. The minimum atomic E-state index is -1.06. The quantitative estimate of drug-likeness (QED) is 0.791. The summed E-state index contributed by atoms with van der Waals surface area (Å²) in [6, 6.07) is 8.27. The third-order valence-corrected chi connectivity index (χ3v) is 4.79. The summed E-state index contributed by atoms with van der Waals surface area (Å²) >= 11 is 2.15. The largest absolute Gasteiger partial charge is 0.493 e. The molecule has 0 radical (unpaired) electrons. The zero-order valence-corrected chi connectivity index (χ0v) is 14.1. The molecule has 0 aromatic heterocycles. The zero-order chi connectivity index (χ0) is 15.6. The lowest BCUT2D eigenvalue weighted by Crippen LogP contribution is -2.06. The summed E-state index contributed by atoms with van der Waals surface area (Å²) in [6.07, 6.45) is -1.06. The summed E-state index contributed by atoms with van der Waals surface area (Å²) in [5.74, 6) is 0.151. The van der Waals surface area contributed by atoms with Crippen LogP contribution in [0.5, 0.6) is 11.5 Å². The summed E-state index contributed by atoms with van der Waals surface area (Å²) in [5, 5.41) is 10.5. The lowest BCUT2D eigenvalue weighted by molar-refractivity contribution is 0.213.